The summed E-state index contributed by atoms with van der Waals surface area (Å²) in [6.07, 6.45) is 0. The molecule has 0 bridgehead atoms. The molecule has 0 saturated heterocycles. The summed E-state index contributed by atoms with van der Waals surface area (Å²) in [6.45, 7) is 9.81. The number of carbonyl (C=O) groups is 3. The third kappa shape index (κ3) is 4.27. The van der Waals surface area contributed by atoms with Crippen molar-refractivity contribution in [3.05, 3.63) is 29.5 Å². The lowest BCUT2D eigenvalue weighted by Crippen LogP contribution is -2.24. The first-order valence-electron chi connectivity index (χ1n) is 8.25. The Morgan fingerprint density at radius 2 is 1.88 bits per heavy atom. The number of ketones is 1. The Labute approximate surface area is 157 Å². The summed E-state index contributed by atoms with van der Waals surface area (Å²) in [5, 5.41) is 0.524. The molecule has 140 valence electrons. The van der Waals surface area contributed by atoms with E-state index in [2.05, 4.69) is 0 Å². The average Bonchev–Trinajstić information content (AvgIpc) is 2.81. The number of aromatic nitrogens is 1. The van der Waals surface area contributed by atoms with Gasteiger partial charge in [-0.25, -0.2) is 0 Å². The van der Waals surface area contributed by atoms with Gasteiger partial charge in [-0.1, -0.05) is 38.6 Å². The summed E-state index contributed by atoms with van der Waals surface area (Å²) in [5.41, 5.74) is 6.74. The van der Waals surface area contributed by atoms with Gasteiger partial charge in [0.1, 0.15) is 5.75 Å². The van der Waals surface area contributed by atoms with Crippen molar-refractivity contribution in [1.82, 2.24) is 4.57 Å². The molecule has 0 saturated carbocycles. The molecule has 2 rings (SSSR count). The molecule has 26 heavy (non-hydrogen) atoms. The number of thioether (sulfide) groups is 1. The molecule has 0 fully saturated rings. The molecule has 1 aromatic heterocycles. The van der Waals surface area contributed by atoms with Crippen LogP contribution >= 0.6 is 11.8 Å². The van der Waals surface area contributed by atoms with Gasteiger partial charge in [0.25, 0.3) is 11.7 Å². The second kappa shape index (κ2) is 7.53. The third-order valence-corrected chi connectivity index (χ3v) is 4.61. The van der Waals surface area contributed by atoms with Crippen molar-refractivity contribution < 1.29 is 19.1 Å². The van der Waals surface area contributed by atoms with E-state index in [9.17, 15) is 14.4 Å². The Hall–Kier alpha value is -2.28. The molecule has 0 aliphatic carbocycles. The quantitative estimate of drug-likeness (QED) is 0.617. The van der Waals surface area contributed by atoms with Gasteiger partial charge in [0.15, 0.2) is 5.12 Å². The zero-order valence-electron chi connectivity index (χ0n) is 15.7. The van der Waals surface area contributed by atoms with E-state index in [1.54, 1.807) is 13.0 Å². The SMILES string of the molecule is CC(=O)SCn1c(C)c(C(=O)C(N)=O)c2c(OCC(C)(C)C)cccc21. The van der Waals surface area contributed by atoms with E-state index in [-0.39, 0.29) is 16.1 Å². The predicted octanol–water partition coefficient (Wildman–Crippen LogP) is 3.28. The molecular weight excluding hydrogens is 352 g/mol. The van der Waals surface area contributed by atoms with Crippen LogP contribution < -0.4 is 10.5 Å². The fourth-order valence-corrected chi connectivity index (χ4v) is 3.27. The molecule has 7 heteroatoms. The van der Waals surface area contributed by atoms with Crippen molar-refractivity contribution in [1.29, 1.82) is 0 Å². The average molecular weight is 376 g/mol. The zero-order valence-corrected chi connectivity index (χ0v) is 16.5. The van der Waals surface area contributed by atoms with Crippen LogP contribution in [0.5, 0.6) is 5.75 Å². The highest BCUT2D eigenvalue weighted by Gasteiger charge is 2.26. The van der Waals surface area contributed by atoms with E-state index in [0.717, 1.165) is 17.3 Å². The summed E-state index contributed by atoms with van der Waals surface area (Å²) >= 11 is 1.13. The monoisotopic (exact) mass is 376 g/mol. The van der Waals surface area contributed by atoms with Crippen LogP contribution in [-0.4, -0.2) is 28.0 Å². The maximum atomic E-state index is 12.5. The molecule has 0 atom stereocenters. The van der Waals surface area contributed by atoms with E-state index in [1.165, 1.54) is 6.92 Å². The standard InChI is InChI=1S/C19H24N2O4S/c1-11-15(17(23)18(20)24)16-13(21(11)10-26-12(2)22)7-6-8-14(16)25-9-19(3,4)5/h6-8H,9-10H2,1-5H3,(H2,20,24). The van der Waals surface area contributed by atoms with Crippen LogP contribution in [-0.2, 0) is 15.5 Å². The lowest BCUT2D eigenvalue weighted by molar-refractivity contribution is -0.114. The van der Waals surface area contributed by atoms with Crippen molar-refractivity contribution in [2.75, 3.05) is 6.61 Å². The Bertz CT molecular complexity index is 878. The van der Waals surface area contributed by atoms with Crippen LogP contribution in [0.15, 0.2) is 18.2 Å². The maximum absolute atomic E-state index is 12.5. The Kier molecular flexibility index (Phi) is 5.81. The van der Waals surface area contributed by atoms with E-state index in [4.69, 9.17) is 10.5 Å². The Morgan fingerprint density at radius 1 is 1.23 bits per heavy atom. The number of nitrogens with two attached hydrogens (primary N) is 1. The highest BCUT2D eigenvalue weighted by Crippen LogP contribution is 2.35. The van der Waals surface area contributed by atoms with Crippen LogP contribution in [0.3, 0.4) is 0 Å². The number of hydrogen-bond donors (Lipinski definition) is 1. The van der Waals surface area contributed by atoms with E-state index in [0.29, 0.717) is 29.3 Å². The summed E-state index contributed by atoms with van der Waals surface area (Å²) < 4.78 is 7.79. The Morgan fingerprint density at radius 3 is 2.42 bits per heavy atom. The molecule has 1 amide bonds. The van der Waals surface area contributed by atoms with Gasteiger partial charge in [0, 0.05) is 12.6 Å². The summed E-state index contributed by atoms with van der Waals surface area (Å²) in [5.74, 6) is -0.911. The van der Waals surface area contributed by atoms with Crippen LogP contribution in [0.4, 0.5) is 0 Å². The molecule has 0 spiro atoms. The van der Waals surface area contributed by atoms with Crippen molar-refractivity contribution in [2.24, 2.45) is 11.1 Å². The smallest absolute Gasteiger partial charge is 0.289 e. The second-order valence-corrected chi connectivity index (χ2v) is 8.47. The third-order valence-electron chi connectivity index (χ3n) is 3.82. The van der Waals surface area contributed by atoms with Crippen molar-refractivity contribution in [3.63, 3.8) is 0 Å². The molecule has 6 nitrogen and oxygen atoms in total. The largest absolute Gasteiger partial charge is 0.492 e. The number of ether oxygens (including phenoxy) is 1. The molecule has 2 aromatic rings. The number of hydrogen-bond acceptors (Lipinski definition) is 5. The fraction of sp³-hybridized carbons (Fsp3) is 0.421. The number of rotatable bonds is 6. The normalized spacial score (nSPS) is 11.6. The number of nitrogens with zero attached hydrogens (tertiary/aromatic N) is 1. The molecule has 0 radical (unpaired) electrons. The fourth-order valence-electron chi connectivity index (χ4n) is 2.63. The summed E-state index contributed by atoms with van der Waals surface area (Å²) in [6, 6.07) is 5.44. The van der Waals surface area contributed by atoms with Crippen molar-refractivity contribution >= 4 is 39.5 Å². The molecular formula is C19H24N2O4S. The van der Waals surface area contributed by atoms with Gasteiger partial charge in [0.05, 0.1) is 29.0 Å². The lowest BCUT2D eigenvalue weighted by atomic mass is 9.98. The van der Waals surface area contributed by atoms with Gasteiger partial charge < -0.3 is 15.0 Å². The molecule has 1 aromatic carbocycles. The summed E-state index contributed by atoms with van der Waals surface area (Å²) in [4.78, 5) is 35.4. The first kappa shape index (κ1) is 20.0. The molecule has 0 aliphatic rings. The highest BCUT2D eigenvalue weighted by molar-refractivity contribution is 8.12. The Balaban J connectivity index is 2.67. The van der Waals surface area contributed by atoms with Crippen molar-refractivity contribution in [3.8, 4) is 5.75 Å². The number of carbonyl (C=O) groups excluding carboxylic acids is 3. The number of benzene rings is 1. The topological polar surface area (TPSA) is 91.4 Å². The first-order valence-corrected chi connectivity index (χ1v) is 9.23. The molecule has 2 N–H and O–H groups in total. The zero-order chi connectivity index (χ0) is 19.6. The minimum Gasteiger partial charge on any atom is -0.492 e. The summed E-state index contributed by atoms with van der Waals surface area (Å²) in [7, 11) is 0. The van der Waals surface area contributed by atoms with Gasteiger partial charge in [-0.15, -0.1) is 0 Å². The van der Waals surface area contributed by atoms with Gasteiger partial charge in [-0.3, -0.25) is 14.4 Å². The van der Waals surface area contributed by atoms with Gasteiger partial charge in [-0.2, -0.15) is 0 Å². The van der Waals surface area contributed by atoms with Crippen molar-refractivity contribution in [2.45, 2.75) is 40.5 Å². The minimum atomic E-state index is -1.02. The van der Waals surface area contributed by atoms with E-state index >= 15 is 0 Å². The second-order valence-electron chi connectivity index (χ2n) is 7.35. The molecule has 1 heterocycles. The van der Waals surface area contributed by atoms with Gasteiger partial charge in [0.2, 0.25) is 0 Å². The highest BCUT2D eigenvalue weighted by atomic mass is 32.2. The minimum absolute atomic E-state index is 0.0332. The van der Waals surface area contributed by atoms with Crippen LogP contribution in [0, 0.1) is 12.3 Å². The van der Waals surface area contributed by atoms with Crippen LogP contribution in [0.1, 0.15) is 43.7 Å². The van der Waals surface area contributed by atoms with Gasteiger partial charge in [-0.05, 0) is 24.5 Å². The van der Waals surface area contributed by atoms with Gasteiger partial charge >= 0.3 is 0 Å². The predicted molar refractivity (Wildman–Crippen MR) is 103 cm³/mol. The first-order chi connectivity index (χ1) is 12.0. The molecule has 0 unspecified atom stereocenters. The number of Topliss-reactive ketones (excluding diaryl/α,β-unsaturated/α-hetero) is 1. The molecule has 0 aliphatic heterocycles. The number of primary amides is 1. The van der Waals surface area contributed by atoms with E-state index < -0.39 is 11.7 Å². The van der Waals surface area contributed by atoms with E-state index in [1.807, 2.05) is 37.5 Å². The number of fused-ring (bicyclic) bond motifs is 1. The van der Waals surface area contributed by atoms with Crippen LogP contribution in [0.2, 0.25) is 0 Å². The maximum Gasteiger partial charge on any atom is 0.289 e. The lowest BCUT2D eigenvalue weighted by Gasteiger charge is -2.19. The van der Waals surface area contributed by atoms with Crippen LogP contribution in [0.25, 0.3) is 10.9 Å². The number of amides is 1.